The Hall–Kier alpha value is -2.74. The molecule has 0 fully saturated rings. The summed E-state index contributed by atoms with van der Waals surface area (Å²) in [6, 6.07) is 0.679. The van der Waals surface area contributed by atoms with E-state index in [4.69, 9.17) is 0 Å². The highest BCUT2D eigenvalue weighted by atomic mass is 32.2. The van der Waals surface area contributed by atoms with Gasteiger partial charge >= 0.3 is 5.97 Å². The second kappa shape index (κ2) is 8.73. The van der Waals surface area contributed by atoms with Crippen LogP contribution in [-0.4, -0.2) is 30.2 Å². The molecule has 0 saturated carbocycles. The van der Waals surface area contributed by atoms with Crippen LogP contribution in [0.2, 0.25) is 0 Å². The maximum atomic E-state index is 14.3. The van der Waals surface area contributed by atoms with Gasteiger partial charge in [-0.25, -0.2) is 12.8 Å². The topological polar surface area (TPSA) is 87.6 Å². The lowest BCUT2D eigenvalue weighted by molar-refractivity contribution is -0.136. The van der Waals surface area contributed by atoms with Crippen LogP contribution in [0.15, 0.2) is 18.3 Å². The number of hydrogen-bond donors (Lipinski definition) is 1. The number of hydrogen-bond acceptors (Lipinski definition) is 4. The van der Waals surface area contributed by atoms with Crippen LogP contribution in [0.1, 0.15) is 80.8 Å². The number of carbonyl (C=O) groups is 1. The number of fused-ring (bicyclic) bond motifs is 3. The number of rotatable bonds is 5. The zero-order valence-corrected chi connectivity index (χ0v) is 22.0. The van der Waals surface area contributed by atoms with Crippen molar-refractivity contribution in [2.75, 3.05) is 10.1 Å². The van der Waals surface area contributed by atoms with Crippen LogP contribution in [0, 0.1) is 25.1 Å². The molecule has 1 aromatic heterocycles. The van der Waals surface area contributed by atoms with Crippen molar-refractivity contribution in [1.82, 2.24) is 4.98 Å². The monoisotopic (exact) mass is 500 g/mol. The first kappa shape index (κ1) is 25.4. The molecule has 8 heteroatoms. The summed E-state index contributed by atoms with van der Waals surface area (Å²) < 4.78 is 42.3. The zero-order chi connectivity index (χ0) is 25.9. The van der Waals surface area contributed by atoms with E-state index in [1.54, 1.807) is 20.8 Å². The number of aromatic nitrogens is 1. The molecule has 4 rings (SSSR count). The molecule has 1 aliphatic heterocycles. The highest BCUT2D eigenvalue weighted by Crippen LogP contribution is 2.52. The SMILES string of the molecule is CCS(=O)(=O)N1c2c(C)c(CC(=O)O)c(C3=CCC(C)(C)CC3)c(C)c2-c2ncc(F)cc2[C@@H]1C. The van der Waals surface area contributed by atoms with Crippen LogP contribution in [-0.2, 0) is 21.2 Å². The number of carboxylic acid groups (broad SMARTS) is 1. The molecular formula is C27H33FN2O4S. The summed E-state index contributed by atoms with van der Waals surface area (Å²) in [5.74, 6) is -1.63. The average molecular weight is 501 g/mol. The first-order valence-electron chi connectivity index (χ1n) is 12.0. The van der Waals surface area contributed by atoms with Crippen LogP contribution in [0.25, 0.3) is 16.8 Å². The van der Waals surface area contributed by atoms with Gasteiger partial charge < -0.3 is 5.11 Å². The molecule has 2 aromatic rings. The normalized spacial score (nSPS) is 19.1. The van der Waals surface area contributed by atoms with Crippen molar-refractivity contribution in [1.29, 1.82) is 0 Å². The number of aliphatic carboxylic acids is 1. The van der Waals surface area contributed by atoms with Gasteiger partial charge in [0.25, 0.3) is 0 Å². The van der Waals surface area contributed by atoms with Gasteiger partial charge in [0.05, 0.1) is 35.8 Å². The van der Waals surface area contributed by atoms with Gasteiger partial charge in [0.15, 0.2) is 0 Å². The minimum absolute atomic E-state index is 0.135. The fraction of sp³-hybridized carbons (Fsp3) is 0.481. The first-order valence-corrected chi connectivity index (χ1v) is 13.6. The molecule has 2 aliphatic rings. The molecule has 1 atom stereocenters. The summed E-state index contributed by atoms with van der Waals surface area (Å²) in [4.78, 5) is 16.4. The largest absolute Gasteiger partial charge is 0.481 e. The Bertz CT molecular complexity index is 1360. The average Bonchev–Trinajstić information content (AvgIpc) is 2.77. The van der Waals surface area contributed by atoms with Gasteiger partial charge in [-0.1, -0.05) is 19.9 Å². The Labute approximate surface area is 206 Å². The van der Waals surface area contributed by atoms with Gasteiger partial charge in [0.2, 0.25) is 10.0 Å². The van der Waals surface area contributed by atoms with Crippen LogP contribution in [0.4, 0.5) is 10.1 Å². The lowest BCUT2D eigenvalue weighted by Gasteiger charge is -2.40. The molecule has 1 N–H and O–H groups in total. The molecule has 188 valence electrons. The highest BCUT2D eigenvalue weighted by molar-refractivity contribution is 7.92. The van der Waals surface area contributed by atoms with Crippen LogP contribution in [0.3, 0.4) is 0 Å². The van der Waals surface area contributed by atoms with Crippen molar-refractivity contribution in [3.63, 3.8) is 0 Å². The third kappa shape index (κ3) is 4.26. The predicted octanol–water partition coefficient (Wildman–Crippen LogP) is 5.96. The molecule has 1 aliphatic carbocycles. The molecular weight excluding hydrogens is 467 g/mol. The number of pyridine rings is 1. The van der Waals surface area contributed by atoms with Crippen molar-refractivity contribution in [3.8, 4) is 11.3 Å². The molecule has 0 bridgehead atoms. The number of carboxylic acids is 1. The predicted molar refractivity (Wildman–Crippen MR) is 136 cm³/mol. The van der Waals surface area contributed by atoms with E-state index in [0.717, 1.165) is 42.2 Å². The fourth-order valence-corrected chi connectivity index (χ4v) is 6.92. The third-order valence-electron chi connectivity index (χ3n) is 7.53. The lowest BCUT2D eigenvalue weighted by atomic mass is 9.74. The molecule has 1 aromatic carbocycles. The van der Waals surface area contributed by atoms with E-state index in [1.807, 2.05) is 6.92 Å². The summed E-state index contributed by atoms with van der Waals surface area (Å²) in [7, 11) is -3.76. The van der Waals surface area contributed by atoms with Gasteiger partial charge in [-0.3, -0.25) is 14.1 Å². The van der Waals surface area contributed by atoms with E-state index in [0.29, 0.717) is 33.6 Å². The lowest BCUT2D eigenvalue weighted by Crippen LogP contribution is -2.39. The number of benzene rings is 1. The zero-order valence-electron chi connectivity index (χ0n) is 21.2. The molecule has 0 unspecified atom stereocenters. The van der Waals surface area contributed by atoms with E-state index in [1.165, 1.54) is 10.4 Å². The van der Waals surface area contributed by atoms with E-state index >= 15 is 0 Å². The number of allylic oxidation sites excluding steroid dienone is 2. The maximum Gasteiger partial charge on any atom is 0.307 e. The van der Waals surface area contributed by atoms with E-state index in [9.17, 15) is 22.7 Å². The standard InChI is InChI=1S/C27H33FN2O4S/c1-7-35(33,34)30-17(4)21-12-19(28)14-29-25(21)24-16(3)23(18-8-10-27(5,6)11-9-18)20(13-22(31)32)15(2)26(24)30/h8,12,14,17H,7,9-11,13H2,1-6H3,(H,31,32)/t17-/m0/s1. The van der Waals surface area contributed by atoms with Gasteiger partial charge in [0.1, 0.15) is 5.82 Å². The fourth-order valence-electron chi connectivity index (χ4n) is 5.54. The maximum absolute atomic E-state index is 14.3. The van der Waals surface area contributed by atoms with Gasteiger partial charge in [-0.05, 0) is 86.3 Å². The Morgan fingerprint density at radius 2 is 1.94 bits per heavy atom. The highest BCUT2D eigenvalue weighted by Gasteiger charge is 2.40. The number of anilines is 1. The minimum Gasteiger partial charge on any atom is -0.481 e. The van der Waals surface area contributed by atoms with Crippen LogP contribution in [0.5, 0.6) is 0 Å². The molecule has 0 amide bonds. The van der Waals surface area contributed by atoms with Gasteiger partial charge in [-0.2, -0.15) is 0 Å². The second-order valence-corrected chi connectivity index (χ2v) is 12.6. The van der Waals surface area contributed by atoms with Crippen molar-refractivity contribution < 1.29 is 22.7 Å². The van der Waals surface area contributed by atoms with Gasteiger partial charge in [0, 0.05) is 11.1 Å². The molecule has 0 radical (unpaired) electrons. The molecule has 0 saturated heterocycles. The first-order chi connectivity index (χ1) is 16.3. The third-order valence-corrected chi connectivity index (χ3v) is 9.35. The van der Waals surface area contributed by atoms with Crippen LogP contribution >= 0.6 is 0 Å². The molecule has 0 spiro atoms. The summed E-state index contributed by atoms with van der Waals surface area (Å²) in [6.45, 7) is 11.4. The quantitative estimate of drug-likeness (QED) is 0.548. The van der Waals surface area contributed by atoms with E-state index < -0.39 is 27.9 Å². The van der Waals surface area contributed by atoms with Crippen molar-refractivity contribution in [2.24, 2.45) is 5.41 Å². The van der Waals surface area contributed by atoms with Crippen molar-refractivity contribution >= 4 is 27.3 Å². The second-order valence-electron chi connectivity index (χ2n) is 10.5. The van der Waals surface area contributed by atoms with Crippen molar-refractivity contribution in [3.05, 3.63) is 52.0 Å². The summed E-state index contributed by atoms with van der Waals surface area (Å²) in [6.07, 6.45) is 5.77. The minimum atomic E-state index is -3.76. The van der Waals surface area contributed by atoms with E-state index in [2.05, 4.69) is 24.9 Å². The summed E-state index contributed by atoms with van der Waals surface area (Å²) in [5, 5.41) is 9.80. The number of halogens is 1. The Morgan fingerprint density at radius 3 is 2.51 bits per heavy atom. The van der Waals surface area contributed by atoms with Gasteiger partial charge in [-0.15, -0.1) is 0 Å². The molecule has 6 nitrogen and oxygen atoms in total. The number of nitrogens with zero attached hydrogens (tertiary/aromatic N) is 2. The number of sulfonamides is 1. The Balaban J connectivity index is 2.14. The van der Waals surface area contributed by atoms with Crippen LogP contribution < -0.4 is 4.31 Å². The van der Waals surface area contributed by atoms with E-state index in [-0.39, 0.29) is 17.6 Å². The summed E-state index contributed by atoms with van der Waals surface area (Å²) in [5.41, 5.74) is 6.31. The molecule has 35 heavy (non-hydrogen) atoms. The Morgan fingerprint density at radius 1 is 1.26 bits per heavy atom. The van der Waals surface area contributed by atoms with Crippen molar-refractivity contribution in [2.45, 2.75) is 73.3 Å². The smallest absolute Gasteiger partial charge is 0.307 e. The molecule has 2 heterocycles. The Kier molecular flexibility index (Phi) is 6.32. The summed E-state index contributed by atoms with van der Waals surface area (Å²) >= 11 is 0.